The van der Waals surface area contributed by atoms with Crippen LogP contribution in [-0.2, 0) is 4.74 Å². The van der Waals surface area contributed by atoms with Crippen molar-refractivity contribution in [1.29, 1.82) is 0 Å². The van der Waals surface area contributed by atoms with Crippen LogP contribution in [0.15, 0.2) is 24.3 Å². The van der Waals surface area contributed by atoms with E-state index in [9.17, 15) is 4.79 Å². The van der Waals surface area contributed by atoms with Crippen molar-refractivity contribution < 1.29 is 14.3 Å². The number of hydrogen-bond acceptors (Lipinski definition) is 4. The summed E-state index contributed by atoms with van der Waals surface area (Å²) in [6.45, 7) is 3.02. The van der Waals surface area contributed by atoms with Crippen LogP contribution in [0.2, 0.25) is 0 Å². The summed E-state index contributed by atoms with van der Waals surface area (Å²) < 4.78 is 10.4. The monoisotopic (exact) mass is 254 g/mol. The summed E-state index contributed by atoms with van der Waals surface area (Å²) >= 11 is 1.62. The molecule has 0 heterocycles. The van der Waals surface area contributed by atoms with Crippen LogP contribution in [-0.4, -0.2) is 37.6 Å². The van der Waals surface area contributed by atoms with Gasteiger partial charge in [-0.2, -0.15) is 11.8 Å². The van der Waals surface area contributed by atoms with E-state index in [-0.39, 0.29) is 5.78 Å². The maximum atomic E-state index is 11.9. The average Bonchev–Trinajstić information content (AvgIpc) is 2.37. The predicted molar refractivity (Wildman–Crippen MR) is 71.1 cm³/mol. The van der Waals surface area contributed by atoms with Gasteiger partial charge in [-0.3, -0.25) is 4.79 Å². The molecule has 0 bridgehead atoms. The SMILES string of the molecule is CCSCC(=O)c1ccccc1OCCOC. The van der Waals surface area contributed by atoms with Gasteiger partial charge in [0.1, 0.15) is 12.4 Å². The van der Waals surface area contributed by atoms with Crippen molar-refractivity contribution in [2.24, 2.45) is 0 Å². The Morgan fingerprint density at radius 1 is 1.29 bits per heavy atom. The van der Waals surface area contributed by atoms with Gasteiger partial charge in [0.15, 0.2) is 5.78 Å². The zero-order chi connectivity index (χ0) is 12.5. The van der Waals surface area contributed by atoms with Crippen molar-refractivity contribution in [3.05, 3.63) is 29.8 Å². The van der Waals surface area contributed by atoms with E-state index >= 15 is 0 Å². The van der Waals surface area contributed by atoms with E-state index in [0.29, 0.717) is 30.3 Å². The van der Waals surface area contributed by atoms with Crippen LogP contribution in [0, 0.1) is 0 Å². The van der Waals surface area contributed by atoms with Gasteiger partial charge in [-0.1, -0.05) is 19.1 Å². The molecule has 0 radical (unpaired) electrons. The van der Waals surface area contributed by atoms with Crippen LogP contribution in [0.3, 0.4) is 0 Å². The Balaban J connectivity index is 2.66. The molecule has 3 nitrogen and oxygen atoms in total. The van der Waals surface area contributed by atoms with Crippen molar-refractivity contribution in [2.75, 3.05) is 31.8 Å². The number of carbonyl (C=O) groups excluding carboxylic acids is 1. The second kappa shape index (κ2) is 8.14. The number of benzene rings is 1. The first-order valence-corrected chi connectivity index (χ1v) is 6.76. The zero-order valence-corrected chi connectivity index (χ0v) is 11.1. The lowest BCUT2D eigenvalue weighted by Gasteiger charge is -2.10. The molecule has 0 saturated heterocycles. The molecule has 1 aromatic carbocycles. The highest BCUT2D eigenvalue weighted by Gasteiger charge is 2.11. The third-order valence-electron chi connectivity index (χ3n) is 2.17. The molecule has 0 aromatic heterocycles. The normalized spacial score (nSPS) is 10.2. The largest absolute Gasteiger partial charge is 0.490 e. The van der Waals surface area contributed by atoms with Crippen LogP contribution in [0.1, 0.15) is 17.3 Å². The number of hydrogen-bond donors (Lipinski definition) is 0. The molecular weight excluding hydrogens is 236 g/mol. The van der Waals surface area contributed by atoms with E-state index in [0.717, 1.165) is 5.75 Å². The van der Waals surface area contributed by atoms with Crippen LogP contribution in [0.4, 0.5) is 0 Å². The number of methoxy groups -OCH3 is 1. The summed E-state index contributed by atoms with van der Waals surface area (Å²) in [6.07, 6.45) is 0. The first kappa shape index (κ1) is 14.1. The number of para-hydroxylation sites is 1. The zero-order valence-electron chi connectivity index (χ0n) is 10.3. The molecule has 94 valence electrons. The number of Topliss-reactive ketones (excluding diaryl/α,β-unsaturated/α-hetero) is 1. The molecule has 17 heavy (non-hydrogen) atoms. The van der Waals surface area contributed by atoms with Gasteiger partial charge in [-0.15, -0.1) is 0 Å². The molecule has 1 rings (SSSR count). The van der Waals surface area contributed by atoms with E-state index in [2.05, 4.69) is 0 Å². The van der Waals surface area contributed by atoms with Gasteiger partial charge in [0.2, 0.25) is 0 Å². The van der Waals surface area contributed by atoms with Crippen molar-refractivity contribution in [3.63, 3.8) is 0 Å². The third kappa shape index (κ3) is 4.79. The molecule has 0 atom stereocenters. The molecular formula is C13H18O3S. The van der Waals surface area contributed by atoms with Crippen molar-refractivity contribution in [1.82, 2.24) is 0 Å². The second-order valence-electron chi connectivity index (χ2n) is 3.40. The Hall–Kier alpha value is -1.00. The van der Waals surface area contributed by atoms with Crippen LogP contribution in [0.25, 0.3) is 0 Å². The number of thioether (sulfide) groups is 1. The van der Waals surface area contributed by atoms with Crippen LogP contribution >= 0.6 is 11.8 Å². The van der Waals surface area contributed by atoms with Gasteiger partial charge >= 0.3 is 0 Å². The molecule has 0 aliphatic heterocycles. The summed E-state index contributed by atoms with van der Waals surface area (Å²) in [5.41, 5.74) is 0.657. The topological polar surface area (TPSA) is 35.5 Å². The summed E-state index contributed by atoms with van der Waals surface area (Å²) in [5.74, 6) is 2.20. The molecule has 0 fully saturated rings. The van der Waals surface area contributed by atoms with Crippen molar-refractivity contribution in [3.8, 4) is 5.75 Å². The minimum absolute atomic E-state index is 0.116. The molecule has 0 saturated carbocycles. The Morgan fingerprint density at radius 3 is 2.76 bits per heavy atom. The van der Waals surface area contributed by atoms with Gasteiger partial charge in [0.05, 0.1) is 17.9 Å². The van der Waals surface area contributed by atoms with E-state index in [1.54, 1.807) is 24.9 Å². The summed E-state index contributed by atoms with van der Waals surface area (Å²) in [4.78, 5) is 11.9. The number of rotatable bonds is 8. The van der Waals surface area contributed by atoms with Gasteiger partial charge in [-0.05, 0) is 17.9 Å². The Morgan fingerprint density at radius 2 is 2.06 bits per heavy atom. The molecule has 0 aliphatic rings. The Bertz CT molecular complexity index is 352. The Labute approximate surface area is 106 Å². The minimum atomic E-state index is 0.116. The lowest BCUT2D eigenvalue weighted by atomic mass is 10.1. The molecule has 0 unspecified atom stereocenters. The average molecular weight is 254 g/mol. The molecule has 4 heteroatoms. The fraction of sp³-hybridized carbons (Fsp3) is 0.462. The highest BCUT2D eigenvalue weighted by atomic mass is 32.2. The lowest BCUT2D eigenvalue weighted by molar-refractivity contribution is 0.101. The number of carbonyl (C=O) groups is 1. The highest BCUT2D eigenvalue weighted by molar-refractivity contribution is 7.99. The fourth-order valence-electron chi connectivity index (χ4n) is 1.33. The predicted octanol–water partition coefficient (Wildman–Crippen LogP) is 2.65. The smallest absolute Gasteiger partial charge is 0.176 e. The highest BCUT2D eigenvalue weighted by Crippen LogP contribution is 2.20. The molecule has 0 N–H and O–H groups in total. The van der Waals surface area contributed by atoms with Gasteiger partial charge < -0.3 is 9.47 Å². The quantitative estimate of drug-likeness (QED) is 0.528. The van der Waals surface area contributed by atoms with E-state index in [4.69, 9.17) is 9.47 Å². The second-order valence-corrected chi connectivity index (χ2v) is 4.67. The van der Waals surface area contributed by atoms with Crippen molar-refractivity contribution in [2.45, 2.75) is 6.92 Å². The molecule has 0 amide bonds. The summed E-state index contributed by atoms with van der Waals surface area (Å²) in [7, 11) is 1.62. The summed E-state index contributed by atoms with van der Waals surface area (Å²) in [6, 6.07) is 7.35. The lowest BCUT2D eigenvalue weighted by Crippen LogP contribution is -2.09. The van der Waals surface area contributed by atoms with Crippen molar-refractivity contribution >= 4 is 17.5 Å². The summed E-state index contributed by atoms with van der Waals surface area (Å²) in [5, 5.41) is 0. The molecule has 0 aliphatic carbocycles. The maximum absolute atomic E-state index is 11.9. The van der Waals surface area contributed by atoms with Crippen LogP contribution in [0.5, 0.6) is 5.75 Å². The van der Waals surface area contributed by atoms with Crippen LogP contribution < -0.4 is 4.74 Å². The van der Waals surface area contributed by atoms with E-state index < -0.39 is 0 Å². The molecule has 1 aromatic rings. The maximum Gasteiger partial charge on any atom is 0.176 e. The fourth-order valence-corrected chi connectivity index (χ4v) is 1.88. The number of ether oxygens (including phenoxy) is 2. The number of ketones is 1. The van der Waals surface area contributed by atoms with E-state index in [1.807, 2.05) is 25.1 Å². The third-order valence-corrected chi connectivity index (χ3v) is 3.04. The first-order valence-electron chi connectivity index (χ1n) is 5.61. The van der Waals surface area contributed by atoms with Gasteiger partial charge in [-0.25, -0.2) is 0 Å². The van der Waals surface area contributed by atoms with Gasteiger partial charge in [0.25, 0.3) is 0 Å². The van der Waals surface area contributed by atoms with E-state index in [1.165, 1.54) is 0 Å². The Kier molecular flexibility index (Phi) is 6.74. The molecule has 0 spiro atoms. The first-order chi connectivity index (χ1) is 8.29. The minimum Gasteiger partial charge on any atom is -0.490 e. The standard InChI is InChI=1S/C13H18O3S/c1-3-17-10-12(14)11-6-4-5-7-13(11)16-9-8-15-2/h4-7H,3,8-10H2,1-2H3. The van der Waals surface area contributed by atoms with Gasteiger partial charge in [0, 0.05) is 7.11 Å².